The molecule has 0 bridgehead atoms. The molecule has 0 spiro atoms. The molecule has 94 valence electrons. The molecule has 4 N–H and O–H groups in total. The number of carbonyl (C=O) groups excluding carboxylic acids is 1. The van der Waals surface area contributed by atoms with Gasteiger partial charge in [-0.2, -0.15) is 0 Å². The van der Waals surface area contributed by atoms with Gasteiger partial charge in [-0.3, -0.25) is 4.79 Å². The van der Waals surface area contributed by atoms with E-state index in [-0.39, 0.29) is 25.6 Å². The fraction of sp³-hybridized carbons (Fsp3) is 0.417. The van der Waals surface area contributed by atoms with Crippen LogP contribution in [0.3, 0.4) is 0 Å². The van der Waals surface area contributed by atoms with Crippen molar-refractivity contribution in [3.8, 4) is 0 Å². The fourth-order valence-electron chi connectivity index (χ4n) is 1.34. The summed E-state index contributed by atoms with van der Waals surface area (Å²) in [4.78, 5) is 11.5. The Bertz CT molecular complexity index is 369. The maximum absolute atomic E-state index is 11.5. The van der Waals surface area contributed by atoms with E-state index in [2.05, 4.69) is 10.6 Å². The molecule has 0 heterocycles. The predicted octanol–water partition coefficient (Wildman–Crippen LogP) is -0.124. The Hall–Kier alpha value is -1.43. The number of aliphatic hydroxyl groups is 2. The topological polar surface area (TPSA) is 81.6 Å². The molecule has 0 aliphatic rings. The monoisotopic (exact) mass is 238 g/mol. The van der Waals surface area contributed by atoms with Crippen LogP contribution in [0.25, 0.3) is 0 Å². The number of hydrogen-bond donors (Lipinski definition) is 4. The largest absolute Gasteiger partial charge is 0.394 e. The molecule has 0 saturated heterocycles. The molecule has 5 nitrogen and oxygen atoms in total. The van der Waals surface area contributed by atoms with Crippen LogP contribution in [0.4, 0.5) is 5.69 Å². The lowest BCUT2D eigenvalue weighted by Gasteiger charge is -2.09. The van der Waals surface area contributed by atoms with Crippen LogP contribution >= 0.6 is 0 Å². The first-order valence-corrected chi connectivity index (χ1v) is 5.48. The van der Waals surface area contributed by atoms with Gasteiger partial charge in [-0.15, -0.1) is 0 Å². The highest BCUT2D eigenvalue weighted by atomic mass is 16.3. The van der Waals surface area contributed by atoms with Crippen molar-refractivity contribution in [2.45, 2.75) is 13.0 Å². The molecule has 0 aliphatic carbocycles. The molecule has 0 radical (unpaired) electrons. The zero-order valence-electron chi connectivity index (χ0n) is 9.81. The zero-order valence-corrected chi connectivity index (χ0v) is 9.81. The van der Waals surface area contributed by atoms with Crippen molar-refractivity contribution in [2.75, 3.05) is 25.0 Å². The first-order chi connectivity index (χ1) is 8.11. The van der Waals surface area contributed by atoms with Crippen LogP contribution < -0.4 is 10.6 Å². The average Bonchev–Trinajstić information content (AvgIpc) is 2.28. The summed E-state index contributed by atoms with van der Waals surface area (Å²) in [7, 11) is 0. The van der Waals surface area contributed by atoms with E-state index in [9.17, 15) is 4.79 Å². The zero-order chi connectivity index (χ0) is 12.7. The first-order valence-electron chi connectivity index (χ1n) is 5.48. The molecule has 1 rings (SSSR count). The molecular weight excluding hydrogens is 220 g/mol. The van der Waals surface area contributed by atoms with E-state index in [4.69, 9.17) is 10.2 Å². The highest BCUT2D eigenvalue weighted by molar-refractivity contribution is 5.92. The SMILES string of the molecule is Cc1cccc(NC(=O)CNCC(O)CO)c1. The van der Waals surface area contributed by atoms with Crippen LogP contribution in [0.2, 0.25) is 0 Å². The quantitative estimate of drug-likeness (QED) is 0.557. The van der Waals surface area contributed by atoms with Crippen LogP contribution in [0.15, 0.2) is 24.3 Å². The summed E-state index contributed by atoms with van der Waals surface area (Å²) in [5, 5.41) is 23.1. The number of hydrogen-bond acceptors (Lipinski definition) is 4. The van der Waals surface area contributed by atoms with Gasteiger partial charge in [0.2, 0.25) is 5.91 Å². The average molecular weight is 238 g/mol. The van der Waals surface area contributed by atoms with Crippen LogP contribution in [0.5, 0.6) is 0 Å². The number of carbonyl (C=O) groups is 1. The molecule has 17 heavy (non-hydrogen) atoms. The first kappa shape index (κ1) is 13.6. The van der Waals surface area contributed by atoms with Crippen LogP contribution in [-0.4, -0.2) is 41.9 Å². The minimum Gasteiger partial charge on any atom is -0.394 e. The smallest absolute Gasteiger partial charge is 0.238 e. The number of amides is 1. The van der Waals surface area contributed by atoms with Crippen LogP contribution in [0.1, 0.15) is 5.56 Å². The fourth-order valence-corrected chi connectivity index (χ4v) is 1.34. The Morgan fingerprint density at radius 1 is 1.47 bits per heavy atom. The number of aryl methyl sites for hydroxylation is 1. The normalized spacial score (nSPS) is 12.2. The van der Waals surface area contributed by atoms with E-state index in [1.54, 1.807) is 0 Å². The third-order valence-electron chi connectivity index (χ3n) is 2.18. The van der Waals surface area contributed by atoms with Gasteiger partial charge in [0.15, 0.2) is 0 Å². The molecule has 0 aliphatic heterocycles. The molecule has 1 aromatic carbocycles. The summed E-state index contributed by atoms with van der Waals surface area (Å²) >= 11 is 0. The minimum absolute atomic E-state index is 0.102. The van der Waals surface area contributed by atoms with E-state index in [0.29, 0.717) is 0 Å². The summed E-state index contributed by atoms with van der Waals surface area (Å²) in [6, 6.07) is 7.51. The van der Waals surface area contributed by atoms with E-state index < -0.39 is 6.10 Å². The van der Waals surface area contributed by atoms with Crippen molar-refractivity contribution in [3.05, 3.63) is 29.8 Å². The number of aliphatic hydroxyl groups excluding tert-OH is 2. The van der Waals surface area contributed by atoms with Gasteiger partial charge in [0.1, 0.15) is 0 Å². The summed E-state index contributed by atoms with van der Waals surface area (Å²) in [6.45, 7) is 1.93. The van der Waals surface area contributed by atoms with Crippen molar-refractivity contribution in [1.29, 1.82) is 0 Å². The second-order valence-electron chi connectivity index (χ2n) is 3.88. The van der Waals surface area contributed by atoms with Gasteiger partial charge in [0, 0.05) is 12.2 Å². The Labute approximate surface area is 100 Å². The lowest BCUT2D eigenvalue weighted by Crippen LogP contribution is -2.35. The summed E-state index contributed by atoms with van der Waals surface area (Å²) < 4.78 is 0. The Morgan fingerprint density at radius 2 is 2.24 bits per heavy atom. The van der Waals surface area contributed by atoms with E-state index >= 15 is 0 Å². The van der Waals surface area contributed by atoms with Crippen molar-refractivity contribution < 1.29 is 15.0 Å². The molecule has 0 fully saturated rings. The molecule has 0 saturated carbocycles. The van der Waals surface area contributed by atoms with Crippen LogP contribution in [0, 0.1) is 6.92 Å². The lowest BCUT2D eigenvalue weighted by atomic mass is 10.2. The molecule has 1 unspecified atom stereocenters. The van der Waals surface area contributed by atoms with Crippen LogP contribution in [-0.2, 0) is 4.79 Å². The second kappa shape index (κ2) is 7.01. The Morgan fingerprint density at radius 3 is 2.88 bits per heavy atom. The van der Waals surface area contributed by atoms with E-state index in [1.165, 1.54) is 0 Å². The third-order valence-corrected chi connectivity index (χ3v) is 2.18. The summed E-state index contributed by atoms with van der Waals surface area (Å²) in [5.41, 5.74) is 1.82. The minimum atomic E-state index is -0.832. The molecule has 1 atom stereocenters. The van der Waals surface area contributed by atoms with E-state index in [0.717, 1.165) is 11.3 Å². The maximum Gasteiger partial charge on any atom is 0.238 e. The maximum atomic E-state index is 11.5. The highest BCUT2D eigenvalue weighted by Gasteiger charge is 2.04. The standard InChI is InChI=1S/C12H18N2O3/c1-9-3-2-4-10(5-9)14-12(17)7-13-6-11(16)8-15/h2-5,11,13,15-16H,6-8H2,1H3,(H,14,17). The van der Waals surface area contributed by atoms with Gasteiger partial charge in [-0.1, -0.05) is 12.1 Å². The number of rotatable bonds is 6. The van der Waals surface area contributed by atoms with Gasteiger partial charge in [-0.25, -0.2) is 0 Å². The summed E-state index contributed by atoms with van der Waals surface area (Å²) in [6.07, 6.45) is -0.832. The van der Waals surface area contributed by atoms with Crippen molar-refractivity contribution in [1.82, 2.24) is 5.32 Å². The molecule has 5 heteroatoms. The molecule has 1 amide bonds. The molecule has 1 aromatic rings. The number of anilines is 1. The predicted molar refractivity (Wildman–Crippen MR) is 65.8 cm³/mol. The van der Waals surface area contributed by atoms with Gasteiger partial charge in [-0.05, 0) is 24.6 Å². The molecule has 0 aromatic heterocycles. The van der Waals surface area contributed by atoms with Crippen molar-refractivity contribution >= 4 is 11.6 Å². The van der Waals surface area contributed by atoms with Crippen molar-refractivity contribution in [2.24, 2.45) is 0 Å². The highest BCUT2D eigenvalue weighted by Crippen LogP contribution is 2.08. The molecular formula is C12H18N2O3. The second-order valence-corrected chi connectivity index (χ2v) is 3.88. The summed E-state index contributed by atoms with van der Waals surface area (Å²) in [5.74, 6) is -0.180. The van der Waals surface area contributed by atoms with Gasteiger partial charge < -0.3 is 20.8 Å². The lowest BCUT2D eigenvalue weighted by molar-refractivity contribution is -0.115. The third kappa shape index (κ3) is 5.44. The number of benzene rings is 1. The number of nitrogens with one attached hydrogen (secondary N) is 2. The van der Waals surface area contributed by atoms with Crippen molar-refractivity contribution in [3.63, 3.8) is 0 Å². The van der Waals surface area contributed by atoms with Gasteiger partial charge >= 0.3 is 0 Å². The van der Waals surface area contributed by atoms with E-state index in [1.807, 2.05) is 31.2 Å². The van der Waals surface area contributed by atoms with Gasteiger partial charge in [0.25, 0.3) is 0 Å². The van der Waals surface area contributed by atoms with Gasteiger partial charge in [0.05, 0.1) is 19.3 Å². The Balaban J connectivity index is 2.30. The Kier molecular flexibility index (Phi) is 5.62.